The van der Waals surface area contributed by atoms with E-state index < -0.39 is 6.03 Å². The summed E-state index contributed by atoms with van der Waals surface area (Å²) in [5.41, 5.74) is 6.51. The molecule has 4 N–H and O–H groups in total. The molecule has 1 aliphatic heterocycles. The molecule has 0 bridgehead atoms. The van der Waals surface area contributed by atoms with Gasteiger partial charge < -0.3 is 15.4 Å². The second kappa shape index (κ2) is 10.2. The highest BCUT2D eigenvalue weighted by molar-refractivity contribution is 7.17. The lowest BCUT2D eigenvalue weighted by atomic mass is 10.1. The molecule has 3 aromatic heterocycles. The molecule has 1 aromatic carbocycles. The number of nitrogens with one attached hydrogen (secondary N) is 4. The normalized spacial score (nSPS) is 14.6. The minimum atomic E-state index is -0.429. The van der Waals surface area contributed by atoms with E-state index in [0.717, 1.165) is 5.69 Å². The average molecular weight is 530 g/mol. The molecule has 11 nitrogen and oxygen atoms in total. The first-order valence-corrected chi connectivity index (χ1v) is 12.9. The van der Waals surface area contributed by atoms with Gasteiger partial charge in [0.15, 0.2) is 5.78 Å². The molecule has 0 atom stereocenters. The number of aromatic nitrogens is 3. The Morgan fingerprint density at radius 2 is 1.92 bits per heavy atom. The highest BCUT2D eigenvalue weighted by Crippen LogP contribution is 2.44. The molecule has 6 rings (SSSR count). The lowest BCUT2D eigenvalue weighted by molar-refractivity contribution is 0.0207. The van der Waals surface area contributed by atoms with Crippen molar-refractivity contribution in [1.29, 1.82) is 0 Å². The van der Waals surface area contributed by atoms with Crippen molar-refractivity contribution in [3.8, 4) is 21.8 Å². The van der Waals surface area contributed by atoms with E-state index in [4.69, 9.17) is 4.74 Å². The molecule has 4 aromatic rings. The summed E-state index contributed by atoms with van der Waals surface area (Å²) in [5, 5.41) is 14.8. The van der Waals surface area contributed by atoms with E-state index in [1.807, 2.05) is 24.3 Å². The minimum absolute atomic E-state index is 0.230. The zero-order valence-electron chi connectivity index (χ0n) is 20.1. The fourth-order valence-electron chi connectivity index (χ4n) is 4.49. The van der Waals surface area contributed by atoms with Crippen molar-refractivity contribution < 1.29 is 19.1 Å². The number of carbonyl (C=O) groups is 3. The van der Waals surface area contributed by atoms with E-state index in [1.165, 1.54) is 11.3 Å². The Balaban J connectivity index is 1.20. The van der Waals surface area contributed by atoms with Gasteiger partial charge in [-0.2, -0.15) is 5.10 Å². The molecule has 1 aliphatic carbocycles. The van der Waals surface area contributed by atoms with Crippen LogP contribution in [0.2, 0.25) is 0 Å². The van der Waals surface area contributed by atoms with Crippen LogP contribution in [0.1, 0.15) is 31.3 Å². The SMILES string of the molecule is O=C(Nc1cccc2c1C(=O)c1c(-c3ccc(C(=O)NCc4ccccn4)s3)n[nH]c1-2)NN1CCOCC1. The van der Waals surface area contributed by atoms with E-state index in [9.17, 15) is 14.4 Å². The number of fused-ring (bicyclic) bond motifs is 3. The Hall–Kier alpha value is -4.39. The molecular formula is C26H23N7O4S. The number of H-pyrrole nitrogens is 1. The van der Waals surface area contributed by atoms with E-state index in [-0.39, 0.29) is 11.7 Å². The van der Waals surface area contributed by atoms with Gasteiger partial charge >= 0.3 is 6.03 Å². The Labute approximate surface area is 221 Å². The second-order valence-electron chi connectivity index (χ2n) is 8.71. The lowest BCUT2D eigenvalue weighted by Crippen LogP contribution is -2.49. The minimum Gasteiger partial charge on any atom is -0.379 e. The fourth-order valence-corrected chi connectivity index (χ4v) is 5.41. The maximum atomic E-state index is 13.6. The van der Waals surface area contributed by atoms with Gasteiger partial charge in [-0.25, -0.2) is 9.80 Å². The summed E-state index contributed by atoms with van der Waals surface area (Å²) in [5.74, 6) is -0.470. The van der Waals surface area contributed by atoms with Crippen LogP contribution in [-0.2, 0) is 11.3 Å². The molecule has 0 unspecified atom stereocenters. The molecule has 0 radical (unpaired) electrons. The van der Waals surface area contributed by atoms with Crippen molar-refractivity contribution in [1.82, 2.24) is 30.9 Å². The summed E-state index contributed by atoms with van der Waals surface area (Å²) < 4.78 is 5.30. The highest BCUT2D eigenvalue weighted by atomic mass is 32.1. The number of benzene rings is 1. The Morgan fingerprint density at radius 1 is 1.05 bits per heavy atom. The molecule has 12 heteroatoms. The Bertz CT molecular complexity index is 1530. The molecular weight excluding hydrogens is 506 g/mol. The number of hydrogen-bond donors (Lipinski definition) is 4. The number of thiophene rings is 1. The molecule has 192 valence electrons. The molecule has 38 heavy (non-hydrogen) atoms. The molecule has 1 saturated heterocycles. The van der Waals surface area contributed by atoms with Crippen LogP contribution >= 0.6 is 11.3 Å². The van der Waals surface area contributed by atoms with Crippen LogP contribution in [0.3, 0.4) is 0 Å². The largest absolute Gasteiger partial charge is 0.379 e. The van der Waals surface area contributed by atoms with Crippen molar-refractivity contribution in [2.24, 2.45) is 0 Å². The number of carbonyl (C=O) groups excluding carboxylic acids is 3. The maximum Gasteiger partial charge on any atom is 0.333 e. The van der Waals surface area contributed by atoms with E-state index in [1.54, 1.807) is 35.5 Å². The molecule has 0 saturated carbocycles. The number of ether oxygens (including phenoxy) is 1. The molecule has 2 aliphatic rings. The van der Waals surface area contributed by atoms with Gasteiger partial charge in [-0.3, -0.25) is 25.1 Å². The van der Waals surface area contributed by atoms with Gasteiger partial charge in [0.25, 0.3) is 5.91 Å². The maximum absolute atomic E-state index is 13.6. The van der Waals surface area contributed by atoms with Gasteiger partial charge in [0.1, 0.15) is 5.69 Å². The van der Waals surface area contributed by atoms with Crippen LogP contribution in [0.5, 0.6) is 0 Å². The van der Waals surface area contributed by atoms with E-state index >= 15 is 0 Å². The quantitative estimate of drug-likeness (QED) is 0.265. The third-order valence-corrected chi connectivity index (χ3v) is 7.38. The summed E-state index contributed by atoms with van der Waals surface area (Å²) in [4.78, 5) is 44.3. The predicted octanol–water partition coefficient (Wildman–Crippen LogP) is 3.04. The number of pyridine rings is 1. The molecule has 0 spiro atoms. The van der Waals surface area contributed by atoms with E-state index in [0.29, 0.717) is 76.4 Å². The number of urea groups is 1. The van der Waals surface area contributed by atoms with Gasteiger partial charge in [-0.15, -0.1) is 11.3 Å². The Morgan fingerprint density at radius 3 is 2.74 bits per heavy atom. The predicted molar refractivity (Wildman–Crippen MR) is 141 cm³/mol. The topological polar surface area (TPSA) is 141 Å². The summed E-state index contributed by atoms with van der Waals surface area (Å²) in [6.45, 7) is 2.57. The first-order chi connectivity index (χ1) is 18.6. The number of amides is 3. The Kier molecular flexibility index (Phi) is 6.42. The van der Waals surface area contributed by atoms with Crippen molar-refractivity contribution in [3.05, 3.63) is 76.4 Å². The number of rotatable bonds is 6. The standard InChI is InChI=1S/C26H23N7O4S/c34-24-20-16(5-3-6-17(20)29-26(36)32-33-10-12-37-13-11-33)22-21(24)23(31-30-22)18-7-8-19(38-18)25(35)28-14-15-4-1-2-9-27-15/h1-9H,10-14H2,(H,28,35)(H,30,31)(H2,29,32,36). The monoisotopic (exact) mass is 529 g/mol. The van der Waals surface area contributed by atoms with Gasteiger partial charge in [0.05, 0.1) is 57.7 Å². The number of hydrogen-bond acceptors (Lipinski definition) is 8. The number of nitrogens with zero attached hydrogens (tertiary/aromatic N) is 3. The average Bonchev–Trinajstić information content (AvgIpc) is 3.66. The van der Waals surface area contributed by atoms with Crippen LogP contribution in [-0.4, -0.2) is 64.2 Å². The van der Waals surface area contributed by atoms with Crippen molar-refractivity contribution in [3.63, 3.8) is 0 Å². The van der Waals surface area contributed by atoms with Crippen LogP contribution in [0.25, 0.3) is 21.8 Å². The number of anilines is 1. The second-order valence-corrected chi connectivity index (χ2v) is 9.80. The van der Waals surface area contributed by atoms with Crippen molar-refractivity contribution in [2.75, 3.05) is 31.6 Å². The van der Waals surface area contributed by atoms with Gasteiger partial charge in [-0.1, -0.05) is 18.2 Å². The van der Waals surface area contributed by atoms with Gasteiger partial charge in [0, 0.05) is 24.8 Å². The molecule has 4 heterocycles. The smallest absolute Gasteiger partial charge is 0.333 e. The number of aromatic amines is 1. The van der Waals surface area contributed by atoms with Crippen LogP contribution < -0.4 is 16.1 Å². The third-order valence-electron chi connectivity index (χ3n) is 6.29. The van der Waals surface area contributed by atoms with Crippen molar-refractivity contribution in [2.45, 2.75) is 6.54 Å². The summed E-state index contributed by atoms with van der Waals surface area (Å²) in [6.07, 6.45) is 1.68. The lowest BCUT2D eigenvalue weighted by Gasteiger charge is -2.27. The summed E-state index contributed by atoms with van der Waals surface area (Å²) >= 11 is 1.25. The third kappa shape index (κ3) is 4.56. The first kappa shape index (κ1) is 24.0. The molecule has 1 fully saturated rings. The highest BCUT2D eigenvalue weighted by Gasteiger charge is 2.35. The number of morpholine rings is 1. The van der Waals surface area contributed by atoms with Gasteiger partial charge in [-0.05, 0) is 30.3 Å². The van der Waals surface area contributed by atoms with Crippen LogP contribution in [0.15, 0.2) is 54.7 Å². The number of hydrazine groups is 1. The van der Waals surface area contributed by atoms with Crippen LogP contribution in [0, 0.1) is 0 Å². The first-order valence-electron chi connectivity index (χ1n) is 12.0. The number of ketones is 1. The summed E-state index contributed by atoms with van der Waals surface area (Å²) in [7, 11) is 0. The van der Waals surface area contributed by atoms with Gasteiger partial charge in [0.2, 0.25) is 0 Å². The van der Waals surface area contributed by atoms with Crippen molar-refractivity contribution >= 4 is 34.7 Å². The zero-order chi connectivity index (χ0) is 26.1. The van der Waals surface area contributed by atoms with Crippen LogP contribution in [0.4, 0.5) is 10.5 Å². The molecule has 3 amide bonds. The zero-order valence-corrected chi connectivity index (χ0v) is 20.9. The van der Waals surface area contributed by atoms with E-state index in [2.05, 4.69) is 31.2 Å². The summed E-state index contributed by atoms with van der Waals surface area (Å²) in [6, 6.07) is 13.9. The fraction of sp³-hybridized carbons (Fsp3) is 0.192.